The number of carbonyl (C=O) groups excluding carboxylic acids is 1. The maximum atomic E-state index is 10.7. The van der Waals surface area contributed by atoms with Crippen LogP contribution in [0.25, 0.3) is 0 Å². The van der Waals surface area contributed by atoms with Crippen molar-refractivity contribution >= 4 is 6.41 Å². The van der Waals surface area contributed by atoms with Gasteiger partial charge in [-0.05, 0) is 25.7 Å². The fourth-order valence-corrected chi connectivity index (χ4v) is 1.93. The van der Waals surface area contributed by atoms with Crippen LogP contribution in [0.15, 0.2) is 0 Å². The SMILES string of the molecule is CCC1CC(C)C(C)N1C=O. The molecule has 11 heavy (non-hydrogen) atoms. The molecular weight excluding hydrogens is 138 g/mol. The molecule has 0 radical (unpaired) electrons. The molecule has 1 rings (SSSR count). The largest absolute Gasteiger partial charge is 0.339 e. The molecule has 0 aromatic carbocycles. The highest BCUT2D eigenvalue weighted by Gasteiger charge is 2.33. The van der Waals surface area contributed by atoms with Gasteiger partial charge in [0.2, 0.25) is 6.41 Å². The van der Waals surface area contributed by atoms with Gasteiger partial charge in [0.15, 0.2) is 0 Å². The monoisotopic (exact) mass is 155 g/mol. The molecule has 0 aliphatic carbocycles. The summed E-state index contributed by atoms with van der Waals surface area (Å²) in [6, 6.07) is 0.940. The van der Waals surface area contributed by atoms with Gasteiger partial charge in [-0.3, -0.25) is 4.79 Å². The Morgan fingerprint density at radius 3 is 2.55 bits per heavy atom. The summed E-state index contributed by atoms with van der Waals surface area (Å²) in [5.41, 5.74) is 0. The topological polar surface area (TPSA) is 20.3 Å². The first-order chi connectivity index (χ1) is 5.20. The van der Waals surface area contributed by atoms with Crippen molar-refractivity contribution in [2.45, 2.75) is 45.7 Å². The Hall–Kier alpha value is -0.530. The average Bonchev–Trinajstić information content (AvgIpc) is 2.28. The van der Waals surface area contributed by atoms with Gasteiger partial charge >= 0.3 is 0 Å². The Labute approximate surface area is 68.6 Å². The Morgan fingerprint density at radius 2 is 2.18 bits per heavy atom. The van der Waals surface area contributed by atoms with E-state index in [4.69, 9.17) is 0 Å². The van der Waals surface area contributed by atoms with Crippen molar-refractivity contribution in [1.82, 2.24) is 4.90 Å². The molecule has 1 fully saturated rings. The summed E-state index contributed by atoms with van der Waals surface area (Å²) in [7, 11) is 0. The lowest BCUT2D eigenvalue weighted by atomic mass is 10.0. The highest BCUT2D eigenvalue weighted by molar-refractivity contribution is 5.49. The summed E-state index contributed by atoms with van der Waals surface area (Å²) >= 11 is 0. The van der Waals surface area contributed by atoms with Crippen LogP contribution >= 0.6 is 0 Å². The molecule has 0 bridgehead atoms. The fraction of sp³-hybridized carbons (Fsp3) is 0.889. The molecule has 1 saturated heterocycles. The van der Waals surface area contributed by atoms with Crippen molar-refractivity contribution in [3.05, 3.63) is 0 Å². The van der Waals surface area contributed by atoms with E-state index in [0.29, 0.717) is 18.0 Å². The van der Waals surface area contributed by atoms with Crippen LogP contribution in [-0.4, -0.2) is 23.4 Å². The van der Waals surface area contributed by atoms with Crippen LogP contribution in [0.2, 0.25) is 0 Å². The van der Waals surface area contributed by atoms with Crippen LogP contribution < -0.4 is 0 Å². The van der Waals surface area contributed by atoms with Crippen molar-refractivity contribution in [1.29, 1.82) is 0 Å². The Balaban J connectivity index is 2.64. The van der Waals surface area contributed by atoms with E-state index in [2.05, 4.69) is 20.8 Å². The minimum absolute atomic E-state index is 0.442. The number of carbonyl (C=O) groups is 1. The van der Waals surface area contributed by atoms with E-state index < -0.39 is 0 Å². The molecule has 1 aliphatic rings. The van der Waals surface area contributed by atoms with E-state index in [0.717, 1.165) is 12.8 Å². The third-order valence-electron chi connectivity index (χ3n) is 2.95. The molecule has 0 aromatic rings. The average molecular weight is 155 g/mol. The normalized spacial score (nSPS) is 37.7. The second-order valence-corrected chi connectivity index (χ2v) is 3.57. The number of hydrogen-bond acceptors (Lipinski definition) is 1. The van der Waals surface area contributed by atoms with Gasteiger partial charge in [0.25, 0.3) is 0 Å². The summed E-state index contributed by atoms with van der Waals surface area (Å²) in [5, 5.41) is 0. The van der Waals surface area contributed by atoms with E-state index in [1.54, 1.807) is 0 Å². The zero-order chi connectivity index (χ0) is 8.43. The highest BCUT2D eigenvalue weighted by atomic mass is 16.1. The van der Waals surface area contributed by atoms with E-state index in [1.165, 1.54) is 6.42 Å². The van der Waals surface area contributed by atoms with Gasteiger partial charge in [0.05, 0.1) is 0 Å². The number of hydrogen-bond donors (Lipinski definition) is 0. The second-order valence-electron chi connectivity index (χ2n) is 3.57. The van der Waals surface area contributed by atoms with E-state index in [1.807, 2.05) is 4.90 Å². The summed E-state index contributed by atoms with van der Waals surface area (Å²) in [4.78, 5) is 12.6. The summed E-state index contributed by atoms with van der Waals surface area (Å²) in [6.07, 6.45) is 3.27. The fourth-order valence-electron chi connectivity index (χ4n) is 1.93. The molecule has 1 amide bonds. The summed E-state index contributed by atoms with van der Waals surface area (Å²) in [5.74, 6) is 0.671. The Kier molecular flexibility index (Phi) is 2.53. The second kappa shape index (κ2) is 3.24. The Morgan fingerprint density at radius 1 is 1.55 bits per heavy atom. The van der Waals surface area contributed by atoms with Gasteiger partial charge in [0, 0.05) is 12.1 Å². The number of rotatable bonds is 2. The standard InChI is InChI=1S/C9H17NO/c1-4-9-5-7(2)8(3)10(9)6-11/h6-9H,4-5H2,1-3H3. The molecule has 0 aromatic heterocycles. The van der Waals surface area contributed by atoms with Gasteiger partial charge in [-0.2, -0.15) is 0 Å². The summed E-state index contributed by atoms with van der Waals surface area (Å²) in [6.45, 7) is 6.50. The highest BCUT2D eigenvalue weighted by Crippen LogP contribution is 2.29. The maximum Gasteiger partial charge on any atom is 0.210 e. The van der Waals surface area contributed by atoms with Crippen LogP contribution in [0.5, 0.6) is 0 Å². The molecule has 3 unspecified atom stereocenters. The maximum absolute atomic E-state index is 10.7. The summed E-state index contributed by atoms with van der Waals surface area (Å²) < 4.78 is 0. The van der Waals surface area contributed by atoms with Crippen molar-refractivity contribution in [3.8, 4) is 0 Å². The smallest absolute Gasteiger partial charge is 0.210 e. The predicted octanol–water partition coefficient (Wildman–Crippen LogP) is 1.65. The van der Waals surface area contributed by atoms with Crippen molar-refractivity contribution in [2.24, 2.45) is 5.92 Å². The van der Waals surface area contributed by atoms with Crippen molar-refractivity contribution in [2.75, 3.05) is 0 Å². The molecule has 0 saturated carbocycles. The van der Waals surface area contributed by atoms with Crippen molar-refractivity contribution in [3.63, 3.8) is 0 Å². The van der Waals surface area contributed by atoms with E-state index >= 15 is 0 Å². The third-order valence-corrected chi connectivity index (χ3v) is 2.95. The minimum Gasteiger partial charge on any atom is -0.339 e. The minimum atomic E-state index is 0.442. The van der Waals surface area contributed by atoms with Gasteiger partial charge in [0.1, 0.15) is 0 Å². The van der Waals surface area contributed by atoms with Crippen LogP contribution in [0.3, 0.4) is 0 Å². The molecule has 0 spiro atoms. The first-order valence-corrected chi connectivity index (χ1v) is 4.43. The van der Waals surface area contributed by atoms with Crippen LogP contribution in [0.1, 0.15) is 33.6 Å². The van der Waals surface area contributed by atoms with E-state index in [9.17, 15) is 4.79 Å². The van der Waals surface area contributed by atoms with Gasteiger partial charge < -0.3 is 4.90 Å². The van der Waals surface area contributed by atoms with Gasteiger partial charge in [-0.15, -0.1) is 0 Å². The van der Waals surface area contributed by atoms with Gasteiger partial charge in [-0.25, -0.2) is 0 Å². The zero-order valence-electron chi connectivity index (χ0n) is 7.58. The predicted molar refractivity (Wildman–Crippen MR) is 45.2 cm³/mol. The first kappa shape index (κ1) is 8.57. The molecule has 1 aliphatic heterocycles. The lowest BCUT2D eigenvalue weighted by molar-refractivity contribution is -0.120. The molecule has 3 atom stereocenters. The molecular formula is C9H17NO. The zero-order valence-corrected chi connectivity index (χ0v) is 7.58. The quantitative estimate of drug-likeness (QED) is 0.555. The number of nitrogens with zero attached hydrogens (tertiary/aromatic N) is 1. The molecule has 2 nitrogen and oxygen atoms in total. The Bertz CT molecular complexity index is 146. The van der Waals surface area contributed by atoms with Crippen LogP contribution in [-0.2, 0) is 4.79 Å². The molecule has 64 valence electrons. The number of likely N-dealkylation sites (tertiary alicyclic amines) is 1. The van der Waals surface area contributed by atoms with Gasteiger partial charge in [-0.1, -0.05) is 13.8 Å². The van der Waals surface area contributed by atoms with E-state index in [-0.39, 0.29) is 0 Å². The molecule has 2 heteroatoms. The number of amides is 1. The lowest BCUT2D eigenvalue weighted by Crippen LogP contribution is -2.33. The third kappa shape index (κ3) is 1.39. The first-order valence-electron chi connectivity index (χ1n) is 4.43. The molecule has 1 heterocycles. The van der Waals surface area contributed by atoms with Crippen LogP contribution in [0.4, 0.5) is 0 Å². The lowest BCUT2D eigenvalue weighted by Gasteiger charge is -2.23. The van der Waals surface area contributed by atoms with Crippen LogP contribution in [0, 0.1) is 5.92 Å². The molecule has 0 N–H and O–H groups in total. The van der Waals surface area contributed by atoms with Crippen molar-refractivity contribution < 1.29 is 4.79 Å².